The van der Waals surface area contributed by atoms with Crippen LogP contribution < -0.4 is 19.7 Å². The molecule has 1 aliphatic heterocycles. The smallest absolute Gasteiger partial charge is 0.255 e. The van der Waals surface area contributed by atoms with Crippen LogP contribution in [0.4, 0.5) is 5.69 Å². The minimum absolute atomic E-state index is 0.00251. The van der Waals surface area contributed by atoms with Crippen molar-refractivity contribution in [3.63, 3.8) is 0 Å². The van der Waals surface area contributed by atoms with Gasteiger partial charge >= 0.3 is 0 Å². The summed E-state index contributed by atoms with van der Waals surface area (Å²) in [6.07, 6.45) is 0.338. The summed E-state index contributed by atoms with van der Waals surface area (Å²) in [5.74, 6) is 0.680. The third-order valence-electron chi connectivity index (χ3n) is 5.52. The van der Waals surface area contributed by atoms with Gasteiger partial charge in [-0.05, 0) is 43.2 Å². The molecule has 32 heavy (non-hydrogen) atoms. The van der Waals surface area contributed by atoms with Gasteiger partial charge in [-0.3, -0.25) is 4.79 Å². The van der Waals surface area contributed by atoms with Crippen LogP contribution in [0.2, 0.25) is 0 Å². The van der Waals surface area contributed by atoms with Crippen molar-refractivity contribution in [1.82, 2.24) is 9.62 Å². The number of nitrogens with one attached hydrogen (secondary N) is 1. The summed E-state index contributed by atoms with van der Waals surface area (Å²) < 4.78 is 37.4. The van der Waals surface area contributed by atoms with Gasteiger partial charge in [-0.1, -0.05) is 12.1 Å². The van der Waals surface area contributed by atoms with Crippen LogP contribution >= 0.6 is 0 Å². The molecule has 2 aromatic rings. The largest absolute Gasteiger partial charge is 0.497 e. The normalized spacial score (nSPS) is 14.8. The highest BCUT2D eigenvalue weighted by Gasteiger charge is 2.26. The van der Waals surface area contributed by atoms with E-state index in [2.05, 4.69) is 22.3 Å². The number of aryl methyl sites for hydroxylation is 1. The summed E-state index contributed by atoms with van der Waals surface area (Å²) in [6.45, 7) is 4.56. The minimum Gasteiger partial charge on any atom is -0.497 e. The number of ether oxygens (including phenoxy) is 2. The Labute approximate surface area is 190 Å². The highest BCUT2D eigenvalue weighted by molar-refractivity contribution is 7.89. The number of rotatable bonds is 9. The lowest BCUT2D eigenvalue weighted by Gasteiger charge is -2.35. The Hall–Kier alpha value is -2.78. The maximum atomic E-state index is 12.7. The molecule has 1 aliphatic rings. The average Bonchev–Trinajstić information content (AvgIpc) is 2.81. The molecule has 0 aliphatic carbocycles. The van der Waals surface area contributed by atoms with Gasteiger partial charge in [0.25, 0.3) is 5.91 Å². The van der Waals surface area contributed by atoms with Crippen LogP contribution in [0.5, 0.6) is 11.5 Å². The van der Waals surface area contributed by atoms with Gasteiger partial charge in [-0.15, -0.1) is 0 Å². The van der Waals surface area contributed by atoms with Crippen molar-refractivity contribution < 1.29 is 22.7 Å². The van der Waals surface area contributed by atoms with Crippen molar-refractivity contribution in [2.24, 2.45) is 0 Å². The lowest BCUT2D eigenvalue weighted by molar-refractivity contribution is 0.0950. The second-order valence-electron chi connectivity index (χ2n) is 7.72. The summed E-state index contributed by atoms with van der Waals surface area (Å²) in [5, 5.41) is 2.77. The molecule has 8 nitrogen and oxygen atoms in total. The van der Waals surface area contributed by atoms with Gasteiger partial charge in [0.2, 0.25) is 10.0 Å². The first kappa shape index (κ1) is 23.9. The SMILES string of the molecule is COc1ccc(C(=O)NCCCS(=O)(=O)N2CCN(c3cccc(C)c3)CC2)c(OC)c1. The van der Waals surface area contributed by atoms with Crippen LogP contribution in [-0.2, 0) is 10.0 Å². The second-order valence-corrected chi connectivity index (χ2v) is 9.81. The average molecular weight is 462 g/mol. The first-order valence-corrected chi connectivity index (χ1v) is 12.2. The molecule has 2 aromatic carbocycles. The van der Waals surface area contributed by atoms with Crippen molar-refractivity contribution >= 4 is 21.6 Å². The number of sulfonamides is 1. The molecule has 0 saturated carbocycles. The Morgan fingerprint density at radius 1 is 1.03 bits per heavy atom. The predicted octanol–water partition coefficient (Wildman–Crippen LogP) is 2.28. The molecule has 0 atom stereocenters. The van der Waals surface area contributed by atoms with E-state index in [0.29, 0.717) is 49.7 Å². The first-order chi connectivity index (χ1) is 15.3. The molecule has 0 aromatic heterocycles. The Kier molecular flexibility index (Phi) is 7.98. The molecule has 3 rings (SSSR count). The van der Waals surface area contributed by atoms with E-state index in [9.17, 15) is 13.2 Å². The van der Waals surface area contributed by atoms with E-state index < -0.39 is 10.0 Å². The van der Waals surface area contributed by atoms with Crippen LogP contribution in [0.25, 0.3) is 0 Å². The molecule has 0 bridgehead atoms. The molecule has 1 fully saturated rings. The molecule has 1 N–H and O–H groups in total. The molecule has 9 heteroatoms. The zero-order valence-electron chi connectivity index (χ0n) is 18.8. The van der Waals surface area contributed by atoms with Gasteiger partial charge in [0.05, 0.1) is 25.5 Å². The van der Waals surface area contributed by atoms with Crippen LogP contribution in [-0.4, -0.2) is 71.3 Å². The number of amides is 1. The fourth-order valence-electron chi connectivity index (χ4n) is 3.72. The summed E-state index contributed by atoms with van der Waals surface area (Å²) >= 11 is 0. The molecule has 0 unspecified atom stereocenters. The van der Waals surface area contributed by atoms with Crippen LogP contribution in [0, 0.1) is 6.92 Å². The zero-order chi connectivity index (χ0) is 23.1. The number of methoxy groups -OCH3 is 2. The summed E-state index contributed by atoms with van der Waals surface area (Å²) in [6, 6.07) is 13.2. The predicted molar refractivity (Wildman–Crippen MR) is 125 cm³/mol. The molecule has 1 saturated heterocycles. The van der Waals surface area contributed by atoms with Gasteiger partial charge in [0.1, 0.15) is 11.5 Å². The highest BCUT2D eigenvalue weighted by Crippen LogP contribution is 2.24. The van der Waals surface area contributed by atoms with Crippen molar-refractivity contribution in [2.75, 3.05) is 57.6 Å². The van der Waals surface area contributed by atoms with Crippen molar-refractivity contribution in [3.8, 4) is 11.5 Å². The third-order valence-corrected chi connectivity index (χ3v) is 7.47. The number of nitrogens with zero attached hydrogens (tertiary/aromatic N) is 2. The van der Waals surface area contributed by atoms with Gasteiger partial charge in [-0.25, -0.2) is 8.42 Å². The summed E-state index contributed by atoms with van der Waals surface area (Å²) in [7, 11) is -0.345. The Bertz CT molecular complexity index is 1030. The molecular formula is C23H31N3O5S. The lowest BCUT2D eigenvalue weighted by Crippen LogP contribution is -2.49. The molecule has 1 heterocycles. The van der Waals surface area contributed by atoms with Crippen molar-refractivity contribution in [1.29, 1.82) is 0 Å². The van der Waals surface area contributed by atoms with Gasteiger partial charge < -0.3 is 19.7 Å². The van der Waals surface area contributed by atoms with E-state index in [1.807, 2.05) is 19.1 Å². The van der Waals surface area contributed by atoms with Crippen molar-refractivity contribution in [2.45, 2.75) is 13.3 Å². The highest BCUT2D eigenvalue weighted by atomic mass is 32.2. The number of anilines is 1. The fourth-order valence-corrected chi connectivity index (χ4v) is 5.20. The number of hydrogen-bond acceptors (Lipinski definition) is 6. The quantitative estimate of drug-likeness (QED) is 0.577. The fraction of sp³-hybridized carbons (Fsp3) is 0.435. The molecule has 174 valence electrons. The molecule has 0 radical (unpaired) electrons. The minimum atomic E-state index is -3.37. The Morgan fingerprint density at radius 3 is 2.44 bits per heavy atom. The van der Waals surface area contributed by atoms with Gasteiger partial charge in [-0.2, -0.15) is 4.31 Å². The number of carbonyl (C=O) groups is 1. The third kappa shape index (κ3) is 5.92. The second kappa shape index (κ2) is 10.7. The standard InChI is InChI=1S/C23H31N3O5S/c1-18-6-4-7-19(16-18)25-11-13-26(14-12-25)32(28,29)15-5-10-24-23(27)21-9-8-20(30-2)17-22(21)31-3/h4,6-9,16-17H,5,10-15H2,1-3H3,(H,24,27). The van der Waals surface area contributed by atoms with Crippen LogP contribution in [0.15, 0.2) is 42.5 Å². The zero-order valence-corrected chi connectivity index (χ0v) is 19.7. The Balaban J connectivity index is 1.46. The number of piperazine rings is 1. The number of hydrogen-bond donors (Lipinski definition) is 1. The maximum Gasteiger partial charge on any atom is 0.255 e. The Morgan fingerprint density at radius 2 is 1.78 bits per heavy atom. The van der Waals surface area contributed by atoms with E-state index in [1.54, 1.807) is 22.5 Å². The molecule has 1 amide bonds. The summed E-state index contributed by atoms with van der Waals surface area (Å²) in [5.41, 5.74) is 2.69. The van der Waals surface area contributed by atoms with Crippen molar-refractivity contribution in [3.05, 3.63) is 53.6 Å². The van der Waals surface area contributed by atoms with E-state index in [4.69, 9.17) is 9.47 Å². The number of carbonyl (C=O) groups excluding carboxylic acids is 1. The number of benzene rings is 2. The topological polar surface area (TPSA) is 88.2 Å². The molecule has 0 spiro atoms. The maximum absolute atomic E-state index is 12.7. The van der Waals surface area contributed by atoms with Crippen LogP contribution in [0.1, 0.15) is 22.3 Å². The summed E-state index contributed by atoms with van der Waals surface area (Å²) in [4.78, 5) is 14.7. The monoisotopic (exact) mass is 461 g/mol. The lowest BCUT2D eigenvalue weighted by atomic mass is 10.1. The van der Waals surface area contributed by atoms with Crippen LogP contribution in [0.3, 0.4) is 0 Å². The van der Waals surface area contributed by atoms with E-state index in [1.165, 1.54) is 19.8 Å². The van der Waals surface area contributed by atoms with Gasteiger partial charge in [0.15, 0.2) is 0 Å². The first-order valence-electron chi connectivity index (χ1n) is 10.6. The van der Waals surface area contributed by atoms with Gasteiger partial charge in [0, 0.05) is 44.5 Å². The van der Waals surface area contributed by atoms with E-state index >= 15 is 0 Å². The van der Waals surface area contributed by atoms with E-state index in [-0.39, 0.29) is 18.2 Å². The van der Waals surface area contributed by atoms with E-state index in [0.717, 1.165) is 5.69 Å². The molecular weight excluding hydrogens is 430 g/mol.